The van der Waals surface area contributed by atoms with Gasteiger partial charge < -0.3 is 0 Å². The van der Waals surface area contributed by atoms with Crippen molar-refractivity contribution in [1.29, 1.82) is 0 Å². The number of carbonyl (C=O) groups excluding carboxylic acids is 1. The van der Waals surface area contributed by atoms with Gasteiger partial charge in [0.05, 0.1) is 0 Å². The number of hydrogen-bond donors (Lipinski definition) is 0. The van der Waals surface area contributed by atoms with Crippen LogP contribution in [0.2, 0.25) is 0 Å². The van der Waals surface area contributed by atoms with E-state index >= 15 is 0 Å². The molecule has 0 aliphatic heterocycles. The van der Waals surface area contributed by atoms with E-state index in [4.69, 9.17) is 0 Å². The van der Waals surface area contributed by atoms with Crippen molar-refractivity contribution in [2.24, 2.45) is 0 Å². The van der Waals surface area contributed by atoms with Crippen molar-refractivity contribution >= 4 is 5.97 Å². The summed E-state index contributed by atoms with van der Waals surface area (Å²) >= 11 is -0.447. The predicted molar refractivity (Wildman–Crippen MR) is 54.6 cm³/mol. The van der Waals surface area contributed by atoms with Gasteiger partial charge in [-0.05, 0) is 0 Å². The van der Waals surface area contributed by atoms with Crippen LogP contribution in [0.15, 0.2) is 54.6 Å². The Balaban J connectivity index is 2.31. The van der Waals surface area contributed by atoms with Crippen LogP contribution in [-0.2, 0) is 0 Å². The molecule has 0 spiro atoms. The number of halogens is 1. The van der Waals surface area contributed by atoms with E-state index in [2.05, 4.69) is 0 Å². The fraction of sp³-hybridized carbons (Fsp3) is 0. The van der Waals surface area contributed by atoms with Crippen LogP contribution in [0.4, 0.5) is 0 Å². The third kappa shape index (κ3) is 2.61. The fourth-order valence-corrected chi connectivity index (χ4v) is 3.83. The Morgan fingerprint density at radius 2 is 1.56 bits per heavy atom. The molecule has 2 aromatic rings. The second-order valence-corrected chi connectivity index (χ2v) is 6.10. The molecule has 0 aliphatic rings. The molecule has 0 bridgehead atoms. The van der Waals surface area contributed by atoms with Crippen molar-refractivity contribution in [1.82, 2.24) is 0 Å². The molecule has 0 aliphatic carbocycles. The topological polar surface area (TPSA) is 40.1 Å². The fourth-order valence-electron chi connectivity index (χ4n) is 1.30. The van der Waals surface area contributed by atoms with Crippen LogP contribution in [0.5, 0.6) is 0 Å². The number of benzene rings is 2. The Kier molecular flexibility index (Phi) is 3.56. The van der Waals surface area contributed by atoms with E-state index in [-0.39, 0.29) is 0 Å². The Bertz CT molecular complexity index is 494. The minimum absolute atomic E-state index is 0.319. The molecule has 0 fully saturated rings. The third-order valence-corrected chi connectivity index (χ3v) is 4.90. The van der Waals surface area contributed by atoms with Crippen LogP contribution < -0.4 is 26.3 Å². The Morgan fingerprint density at radius 1 is 0.938 bits per heavy atom. The van der Waals surface area contributed by atoms with Gasteiger partial charge in [0.15, 0.2) is 0 Å². The summed E-state index contributed by atoms with van der Waals surface area (Å²) in [7, 11) is 0. The van der Waals surface area contributed by atoms with Gasteiger partial charge >= 0.3 is 104 Å². The van der Waals surface area contributed by atoms with Gasteiger partial charge in [0.25, 0.3) is 0 Å². The molecule has 0 saturated carbocycles. The molecule has 16 heavy (non-hydrogen) atoms. The number of carboxylic acids is 1. The van der Waals surface area contributed by atoms with Crippen LogP contribution in [0.3, 0.4) is 0 Å². The van der Waals surface area contributed by atoms with Crippen LogP contribution >= 0.6 is 0 Å². The number of aromatic carboxylic acids is 1. The molecule has 0 N–H and O–H groups in total. The van der Waals surface area contributed by atoms with Gasteiger partial charge in [-0.25, -0.2) is 0 Å². The number of carbonyl (C=O) groups is 1. The first-order chi connectivity index (χ1) is 7.77. The summed E-state index contributed by atoms with van der Waals surface area (Å²) in [6, 6.07) is 17.0. The van der Waals surface area contributed by atoms with Crippen LogP contribution in [0, 0.1) is 7.14 Å². The number of rotatable bonds is 3. The third-order valence-electron chi connectivity index (χ3n) is 2.04. The summed E-state index contributed by atoms with van der Waals surface area (Å²) in [5.74, 6) is -1.09. The summed E-state index contributed by atoms with van der Waals surface area (Å²) in [5, 5.41) is 10.9. The molecule has 2 nitrogen and oxygen atoms in total. The molecule has 2 aromatic carbocycles. The van der Waals surface area contributed by atoms with Crippen molar-refractivity contribution in [3.63, 3.8) is 0 Å². The van der Waals surface area contributed by atoms with Crippen molar-refractivity contribution in [3.05, 3.63) is 67.3 Å². The summed E-state index contributed by atoms with van der Waals surface area (Å²) < 4.78 is 2.10. The van der Waals surface area contributed by atoms with Gasteiger partial charge in [0.2, 0.25) is 0 Å². The quantitative estimate of drug-likeness (QED) is 0.624. The van der Waals surface area contributed by atoms with Crippen molar-refractivity contribution in [2.45, 2.75) is 0 Å². The van der Waals surface area contributed by atoms with Gasteiger partial charge in [0.1, 0.15) is 0 Å². The number of hydrogen-bond acceptors (Lipinski definition) is 2. The SMILES string of the molecule is O=C([O-])c1ccccc1[I-]c1ccccc1. The molecule has 0 unspecified atom stereocenters. The zero-order valence-corrected chi connectivity index (χ0v) is 10.5. The maximum atomic E-state index is 10.9. The first kappa shape index (κ1) is 11.1. The average Bonchev–Trinajstić information content (AvgIpc) is 2.31. The molecule has 3 heteroatoms. The van der Waals surface area contributed by atoms with Crippen LogP contribution in [0.1, 0.15) is 10.4 Å². The summed E-state index contributed by atoms with van der Waals surface area (Å²) in [6.07, 6.45) is 0. The molecule has 0 aromatic heterocycles. The molecule has 0 saturated heterocycles. The first-order valence-corrected chi connectivity index (χ1v) is 6.93. The Labute approximate surface area is 104 Å². The zero-order chi connectivity index (χ0) is 11.4. The molecule has 82 valence electrons. The van der Waals surface area contributed by atoms with Crippen molar-refractivity contribution < 1.29 is 31.1 Å². The molecular weight excluding hydrogens is 315 g/mol. The van der Waals surface area contributed by atoms with Gasteiger partial charge in [-0.15, -0.1) is 0 Å². The monoisotopic (exact) mass is 324 g/mol. The van der Waals surface area contributed by atoms with E-state index in [9.17, 15) is 9.90 Å². The van der Waals surface area contributed by atoms with Gasteiger partial charge in [0, 0.05) is 0 Å². The van der Waals surface area contributed by atoms with E-state index in [1.54, 1.807) is 12.1 Å². The molecule has 2 rings (SSSR count). The van der Waals surface area contributed by atoms with Gasteiger partial charge in [-0.3, -0.25) is 0 Å². The summed E-state index contributed by atoms with van der Waals surface area (Å²) in [6.45, 7) is 0. The molecule has 0 heterocycles. The van der Waals surface area contributed by atoms with E-state index in [1.807, 2.05) is 42.5 Å². The van der Waals surface area contributed by atoms with Gasteiger partial charge in [-0.1, -0.05) is 0 Å². The van der Waals surface area contributed by atoms with Crippen molar-refractivity contribution in [3.8, 4) is 0 Å². The zero-order valence-electron chi connectivity index (χ0n) is 8.39. The van der Waals surface area contributed by atoms with Crippen LogP contribution in [0.25, 0.3) is 0 Å². The molecule has 0 amide bonds. The van der Waals surface area contributed by atoms with E-state index in [1.165, 1.54) is 3.57 Å². The van der Waals surface area contributed by atoms with Crippen LogP contribution in [-0.4, -0.2) is 5.97 Å². The second-order valence-electron chi connectivity index (χ2n) is 3.16. The second kappa shape index (κ2) is 5.12. The van der Waals surface area contributed by atoms with Gasteiger partial charge in [-0.2, -0.15) is 0 Å². The molecular formula is C13H9IO2-2. The average molecular weight is 324 g/mol. The van der Waals surface area contributed by atoms with E-state index in [0.29, 0.717) is 5.56 Å². The normalized spacial score (nSPS) is 10.2. The molecule has 0 radical (unpaired) electrons. The summed E-state index contributed by atoms with van der Waals surface area (Å²) in [5.41, 5.74) is 0.319. The Hall–Kier alpha value is -1.36. The minimum atomic E-state index is -1.09. The van der Waals surface area contributed by atoms with Crippen molar-refractivity contribution in [2.75, 3.05) is 0 Å². The predicted octanol–water partition coefficient (Wildman–Crippen LogP) is -1.82. The Morgan fingerprint density at radius 3 is 2.25 bits per heavy atom. The van der Waals surface area contributed by atoms with E-state index < -0.39 is 27.2 Å². The van der Waals surface area contributed by atoms with E-state index in [0.717, 1.165) is 3.57 Å². The summed E-state index contributed by atoms with van der Waals surface area (Å²) in [4.78, 5) is 10.9. The maximum absolute atomic E-state index is 10.9. The standard InChI is InChI=1S/C13H10IO2/c15-13(16)11-8-4-5-9-12(11)14-10-6-2-1-3-7-10/h1-9H,(H,15,16)/q-1/p-1. The number of carboxylic acid groups (broad SMARTS) is 1. The molecule has 0 atom stereocenters. The first-order valence-electron chi connectivity index (χ1n) is 4.77.